The fraction of sp³-hybridized carbons (Fsp3) is 0.333. The molecular weight excluding hydrogens is 344 g/mol. The van der Waals surface area contributed by atoms with E-state index in [4.69, 9.17) is 18.9 Å². The summed E-state index contributed by atoms with van der Waals surface area (Å²) in [5, 5.41) is 0. The third-order valence-electron chi connectivity index (χ3n) is 3.37. The molecule has 1 aliphatic rings. The quantitative estimate of drug-likeness (QED) is 0.549. The third-order valence-corrected chi connectivity index (χ3v) is 3.37. The molecule has 1 aromatic carbocycles. The molecule has 0 saturated heterocycles. The van der Waals surface area contributed by atoms with Crippen molar-refractivity contribution in [2.24, 2.45) is 0 Å². The van der Waals surface area contributed by atoms with Gasteiger partial charge in [-0.25, -0.2) is 9.59 Å². The molecule has 1 aliphatic heterocycles. The van der Waals surface area contributed by atoms with Gasteiger partial charge in [0.1, 0.15) is 6.61 Å². The van der Waals surface area contributed by atoms with Gasteiger partial charge in [-0.3, -0.25) is 9.59 Å². The summed E-state index contributed by atoms with van der Waals surface area (Å²) < 4.78 is 20.5. The van der Waals surface area contributed by atoms with Crippen molar-refractivity contribution in [2.75, 3.05) is 6.61 Å². The first-order chi connectivity index (χ1) is 12.4. The number of carbonyl (C=O) groups is 4. The predicted molar refractivity (Wildman–Crippen MR) is 86.9 cm³/mol. The zero-order chi connectivity index (χ0) is 19.1. The highest BCUT2D eigenvalue weighted by atomic mass is 16.6. The van der Waals surface area contributed by atoms with Crippen LogP contribution in [0.4, 0.5) is 0 Å². The molecule has 0 amide bonds. The molecule has 0 aliphatic carbocycles. The number of hydrogen-bond donors (Lipinski definition) is 0. The Morgan fingerprint density at radius 1 is 1.12 bits per heavy atom. The van der Waals surface area contributed by atoms with Crippen LogP contribution >= 0.6 is 0 Å². The van der Waals surface area contributed by atoms with Crippen LogP contribution in [-0.2, 0) is 33.3 Å². The average molecular weight is 362 g/mol. The Labute approximate surface area is 149 Å². The van der Waals surface area contributed by atoms with Gasteiger partial charge in [0.05, 0.1) is 5.56 Å². The normalized spacial score (nSPS) is 19.8. The SMILES string of the molecule is CC(=O)O[C@@H](COC(=O)c1ccccc1)[C@H]1OC(=O)C=C[C@H]1OC(C)=O. The topological polar surface area (TPSA) is 105 Å². The van der Waals surface area contributed by atoms with Crippen molar-refractivity contribution in [3.05, 3.63) is 48.0 Å². The number of benzene rings is 1. The molecule has 0 unspecified atom stereocenters. The summed E-state index contributed by atoms with van der Waals surface area (Å²) in [6, 6.07) is 8.22. The molecule has 1 heterocycles. The first-order valence-electron chi connectivity index (χ1n) is 7.82. The van der Waals surface area contributed by atoms with E-state index in [1.165, 1.54) is 13.0 Å². The van der Waals surface area contributed by atoms with Gasteiger partial charge in [-0.15, -0.1) is 0 Å². The maximum absolute atomic E-state index is 12.1. The number of rotatable bonds is 6. The van der Waals surface area contributed by atoms with E-state index in [2.05, 4.69) is 0 Å². The molecule has 8 nitrogen and oxygen atoms in total. The Balaban J connectivity index is 2.13. The number of esters is 4. The van der Waals surface area contributed by atoms with E-state index in [0.29, 0.717) is 5.56 Å². The Morgan fingerprint density at radius 2 is 1.81 bits per heavy atom. The summed E-state index contributed by atoms with van der Waals surface area (Å²) >= 11 is 0. The summed E-state index contributed by atoms with van der Waals surface area (Å²) in [5.41, 5.74) is 0.311. The van der Waals surface area contributed by atoms with Crippen LogP contribution in [-0.4, -0.2) is 48.8 Å². The second-order valence-electron chi connectivity index (χ2n) is 5.45. The number of ether oxygens (including phenoxy) is 4. The molecule has 0 radical (unpaired) electrons. The highest BCUT2D eigenvalue weighted by Crippen LogP contribution is 2.19. The smallest absolute Gasteiger partial charge is 0.338 e. The van der Waals surface area contributed by atoms with Gasteiger partial charge in [-0.1, -0.05) is 18.2 Å². The summed E-state index contributed by atoms with van der Waals surface area (Å²) in [7, 11) is 0. The maximum atomic E-state index is 12.1. The van der Waals surface area contributed by atoms with Crippen LogP contribution in [0.3, 0.4) is 0 Å². The molecule has 8 heteroatoms. The van der Waals surface area contributed by atoms with Crippen LogP contribution in [0.25, 0.3) is 0 Å². The van der Waals surface area contributed by atoms with Gasteiger partial charge >= 0.3 is 23.9 Å². The van der Waals surface area contributed by atoms with Crippen molar-refractivity contribution in [2.45, 2.75) is 32.2 Å². The summed E-state index contributed by atoms with van der Waals surface area (Å²) in [6.45, 7) is 1.97. The summed E-state index contributed by atoms with van der Waals surface area (Å²) in [4.78, 5) is 46.3. The van der Waals surface area contributed by atoms with E-state index < -0.39 is 42.2 Å². The minimum atomic E-state index is -1.14. The first-order valence-corrected chi connectivity index (χ1v) is 7.82. The van der Waals surface area contributed by atoms with E-state index in [0.717, 1.165) is 13.0 Å². The average Bonchev–Trinajstić information content (AvgIpc) is 2.60. The van der Waals surface area contributed by atoms with Crippen LogP contribution in [0.15, 0.2) is 42.5 Å². The van der Waals surface area contributed by atoms with Gasteiger partial charge in [0.25, 0.3) is 0 Å². The van der Waals surface area contributed by atoms with Crippen molar-refractivity contribution < 1.29 is 38.1 Å². The van der Waals surface area contributed by atoms with E-state index in [1.807, 2.05) is 0 Å². The maximum Gasteiger partial charge on any atom is 0.338 e. The zero-order valence-electron chi connectivity index (χ0n) is 14.2. The standard InChI is InChI=1S/C18H18O8/c1-11(19)24-14-8-9-16(21)26-17(14)15(25-12(2)20)10-23-18(22)13-6-4-3-5-7-13/h3-9,14-15,17H,10H2,1-2H3/t14-,15+,17+/m1/s1. The van der Waals surface area contributed by atoms with E-state index >= 15 is 0 Å². The van der Waals surface area contributed by atoms with E-state index in [1.54, 1.807) is 30.3 Å². The molecule has 0 bridgehead atoms. The van der Waals surface area contributed by atoms with Gasteiger partial charge in [0.2, 0.25) is 0 Å². The molecule has 0 saturated carbocycles. The molecule has 3 atom stereocenters. The molecule has 0 spiro atoms. The molecule has 26 heavy (non-hydrogen) atoms. The molecule has 0 aromatic heterocycles. The molecule has 0 N–H and O–H groups in total. The fourth-order valence-electron chi connectivity index (χ4n) is 2.33. The van der Waals surface area contributed by atoms with E-state index in [9.17, 15) is 19.2 Å². The lowest BCUT2D eigenvalue weighted by Crippen LogP contribution is -2.48. The lowest BCUT2D eigenvalue weighted by atomic mass is 10.1. The van der Waals surface area contributed by atoms with Crippen molar-refractivity contribution in [3.63, 3.8) is 0 Å². The van der Waals surface area contributed by atoms with Crippen LogP contribution in [0, 0.1) is 0 Å². The first kappa shape index (κ1) is 19.2. The van der Waals surface area contributed by atoms with Crippen molar-refractivity contribution in [3.8, 4) is 0 Å². The highest BCUT2D eigenvalue weighted by molar-refractivity contribution is 5.89. The van der Waals surface area contributed by atoms with Crippen LogP contribution in [0.1, 0.15) is 24.2 Å². The van der Waals surface area contributed by atoms with Crippen molar-refractivity contribution >= 4 is 23.9 Å². The Hall–Kier alpha value is -3.16. The van der Waals surface area contributed by atoms with Crippen LogP contribution in [0.5, 0.6) is 0 Å². The molecule has 138 valence electrons. The van der Waals surface area contributed by atoms with Gasteiger partial charge in [-0.2, -0.15) is 0 Å². The van der Waals surface area contributed by atoms with Gasteiger partial charge in [0, 0.05) is 19.9 Å². The Kier molecular flexibility index (Phi) is 6.48. The van der Waals surface area contributed by atoms with Gasteiger partial charge in [0.15, 0.2) is 18.3 Å². The number of hydrogen-bond acceptors (Lipinski definition) is 8. The minimum Gasteiger partial charge on any atom is -0.458 e. The van der Waals surface area contributed by atoms with Crippen molar-refractivity contribution in [1.29, 1.82) is 0 Å². The molecule has 0 fully saturated rings. The lowest BCUT2D eigenvalue weighted by Gasteiger charge is -2.32. The molecular formula is C18H18O8. The lowest BCUT2D eigenvalue weighted by molar-refractivity contribution is -0.182. The number of cyclic esters (lactones) is 1. The van der Waals surface area contributed by atoms with Crippen LogP contribution in [0.2, 0.25) is 0 Å². The second-order valence-corrected chi connectivity index (χ2v) is 5.45. The Bertz CT molecular complexity index is 709. The zero-order valence-corrected chi connectivity index (χ0v) is 14.2. The molecule has 1 aromatic rings. The number of carbonyl (C=O) groups excluding carboxylic acids is 4. The predicted octanol–water partition coefficient (Wildman–Crippen LogP) is 1.19. The monoisotopic (exact) mass is 362 g/mol. The largest absolute Gasteiger partial charge is 0.458 e. The minimum absolute atomic E-state index is 0.311. The summed E-state index contributed by atoms with van der Waals surface area (Å²) in [6.07, 6.45) is -0.814. The molecule has 2 rings (SSSR count). The highest BCUT2D eigenvalue weighted by Gasteiger charge is 2.39. The van der Waals surface area contributed by atoms with Gasteiger partial charge in [-0.05, 0) is 18.2 Å². The van der Waals surface area contributed by atoms with Crippen molar-refractivity contribution in [1.82, 2.24) is 0 Å². The fourth-order valence-corrected chi connectivity index (χ4v) is 2.33. The van der Waals surface area contributed by atoms with Gasteiger partial charge < -0.3 is 18.9 Å². The Morgan fingerprint density at radius 3 is 2.42 bits per heavy atom. The van der Waals surface area contributed by atoms with Crippen LogP contribution < -0.4 is 0 Å². The van der Waals surface area contributed by atoms with E-state index in [-0.39, 0.29) is 6.61 Å². The summed E-state index contributed by atoms with van der Waals surface area (Å²) in [5.74, 6) is -2.60. The third kappa shape index (κ3) is 5.44. The second kappa shape index (κ2) is 8.80.